The van der Waals surface area contributed by atoms with Crippen LogP contribution in [0.2, 0.25) is 0 Å². The highest BCUT2D eigenvalue weighted by atomic mass is 79.9. The molecule has 98 valence electrons. The van der Waals surface area contributed by atoms with Gasteiger partial charge in [-0.2, -0.15) is 0 Å². The van der Waals surface area contributed by atoms with Gasteiger partial charge in [0.1, 0.15) is 11.9 Å². The number of carbonyl (C=O) groups is 2. The number of carbonyl (C=O) groups excluding carboxylic acids is 2. The van der Waals surface area contributed by atoms with Gasteiger partial charge in [0.25, 0.3) is 0 Å². The van der Waals surface area contributed by atoms with E-state index in [2.05, 4.69) is 15.9 Å². The lowest BCUT2D eigenvalue weighted by atomic mass is 9.94. The summed E-state index contributed by atoms with van der Waals surface area (Å²) >= 11 is 3.34. The molecule has 0 spiro atoms. The zero-order chi connectivity index (χ0) is 13.1. The topological polar surface area (TPSA) is 46.6 Å². The molecule has 0 aromatic heterocycles. The Balaban J connectivity index is 2.41. The Bertz CT molecular complexity index is 280. The maximum atomic E-state index is 11.8. The van der Waals surface area contributed by atoms with Gasteiger partial charge in [-0.05, 0) is 39.5 Å². The summed E-state index contributed by atoms with van der Waals surface area (Å²) in [5.74, 6) is 0.325. The van der Waals surface area contributed by atoms with Crippen molar-refractivity contribution in [2.75, 3.05) is 13.1 Å². The quantitative estimate of drug-likeness (QED) is 0.582. The fraction of sp³-hybridized carbons (Fsp3) is 0.833. The van der Waals surface area contributed by atoms with Gasteiger partial charge in [-0.3, -0.25) is 0 Å². The highest BCUT2D eigenvalue weighted by molar-refractivity contribution is 9.10. The average Bonchev–Trinajstić information content (AvgIpc) is 2.26. The van der Waals surface area contributed by atoms with Crippen molar-refractivity contribution in [2.45, 2.75) is 44.0 Å². The SMILES string of the molecule is CC(C)(C)OC(=O)N1CCC([C@H](Br)C=O)CC1. The molecule has 4 nitrogen and oxygen atoms in total. The first kappa shape index (κ1) is 14.5. The zero-order valence-corrected chi connectivity index (χ0v) is 12.2. The van der Waals surface area contributed by atoms with Gasteiger partial charge in [0.15, 0.2) is 0 Å². The van der Waals surface area contributed by atoms with Crippen LogP contribution in [0, 0.1) is 5.92 Å². The second-order valence-electron chi connectivity index (χ2n) is 5.39. The van der Waals surface area contributed by atoms with Crippen LogP contribution in [0.5, 0.6) is 0 Å². The Labute approximate surface area is 111 Å². The number of rotatable bonds is 2. The van der Waals surface area contributed by atoms with Crippen molar-refractivity contribution >= 4 is 28.3 Å². The number of nitrogens with zero attached hydrogens (tertiary/aromatic N) is 1. The molecule has 0 saturated carbocycles. The monoisotopic (exact) mass is 305 g/mol. The Morgan fingerprint density at radius 3 is 2.35 bits per heavy atom. The Morgan fingerprint density at radius 2 is 1.94 bits per heavy atom. The van der Waals surface area contributed by atoms with Gasteiger partial charge in [-0.25, -0.2) is 4.79 Å². The van der Waals surface area contributed by atoms with E-state index in [0.717, 1.165) is 19.1 Å². The van der Waals surface area contributed by atoms with Crippen LogP contribution in [0.25, 0.3) is 0 Å². The third-order valence-corrected chi connectivity index (χ3v) is 3.74. The smallest absolute Gasteiger partial charge is 0.410 e. The minimum atomic E-state index is -0.450. The van der Waals surface area contributed by atoms with Crippen molar-refractivity contribution in [1.82, 2.24) is 4.90 Å². The van der Waals surface area contributed by atoms with Gasteiger partial charge < -0.3 is 14.4 Å². The predicted molar refractivity (Wildman–Crippen MR) is 69.3 cm³/mol. The van der Waals surface area contributed by atoms with Gasteiger partial charge >= 0.3 is 6.09 Å². The van der Waals surface area contributed by atoms with Crippen molar-refractivity contribution in [3.05, 3.63) is 0 Å². The average molecular weight is 306 g/mol. The van der Waals surface area contributed by atoms with E-state index in [1.165, 1.54) is 0 Å². The molecule has 17 heavy (non-hydrogen) atoms. The summed E-state index contributed by atoms with van der Waals surface area (Å²) in [5, 5.41) is 0. The molecular formula is C12H20BrNO3. The Morgan fingerprint density at radius 1 is 1.41 bits per heavy atom. The van der Waals surface area contributed by atoms with Crippen molar-refractivity contribution in [1.29, 1.82) is 0 Å². The lowest BCUT2D eigenvalue weighted by Crippen LogP contribution is -2.43. The molecule has 0 unspecified atom stereocenters. The molecule has 1 atom stereocenters. The third kappa shape index (κ3) is 4.66. The second-order valence-corrected chi connectivity index (χ2v) is 6.44. The molecule has 5 heteroatoms. The van der Waals surface area contributed by atoms with Gasteiger partial charge in [0.2, 0.25) is 0 Å². The normalized spacial score (nSPS) is 19.9. The molecule has 1 fully saturated rings. The summed E-state index contributed by atoms with van der Waals surface area (Å²) in [6.07, 6.45) is 2.35. The fourth-order valence-electron chi connectivity index (χ4n) is 1.84. The number of likely N-dealkylation sites (tertiary alicyclic amines) is 1. The van der Waals surface area contributed by atoms with Crippen molar-refractivity contribution in [3.8, 4) is 0 Å². The van der Waals surface area contributed by atoms with Crippen LogP contribution < -0.4 is 0 Å². The molecule has 1 saturated heterocycles. The molecule has 0 N–H and O–H groups in total. The number of aldehydes is 1. The molecule has 0 aromatic rings. The highest BCUT2D eigenvalue weighted by Gasteiger charge is 2.29. The first-order valence-corrected chi connectivity index (χ1v) is 6.82. The number of alkyl halides is 1. The first-order chi connectivity index (χ1) is 7.83. The van der Waals surface area contributed by atoms with Crippen molar-refractivity contribution < 1.29 is 14.3 Å². The van der Waals surface area contributed by atoms with E-state index in [-0.39, 0.29) is 10.9 Å². The van der Waals surface area contributed by atoms with Crippen LogP contribution in [0.15, 0.2) is 0 Å². The van der Waals surface area contributed by atoms with Crippen molar-refractivity contribution in [3.63, 3.8) is 0 Å². The molecule has 1 amide bonds. The van der Waals surface area contributed by atoms with E-state index < -0.39 is 5.60 Å². The van der Waals surface area contributed by atoms with Crippen LogP contribution in [0.4, 0.5) is 4.79 Å². The number of halogens is 1. The number of ether oxygens (including phenoxy) is 1. The van der Waals surface area contributed by atoms with Crippen LogP contribution in [0.3, 0.4) is 0 Å². The summed E-state index contributed by atoms with van der Waals surface area (Å²) in [7, 11) is 0. The highest BCUT2D eigenvalue weighted by Crippen LogP contribution is 2.25. The van der Waals surface area contributed by atoms with Crippen LogP contribution in [0.1, 0.15) is 33.6 Å². The number of hydrogen-bond donors (Lipinski definition) is 0. The standard InChI is InChI=1S/C12H20BrNO3/c1-12(2,3)17-11(16)14-6-4-9(5-7-14)10(13)8-15/h8-10H,4-7H2,1-3H3/t10-/m1/s1. The van der Waals surface area contributed by atoms with E-state index in [4.69, 9.17) is 4.74 Å². The molecular weight excluding hydrogens is 286 g/mol. The number of piperidine rings is 1. The molecule has 0 bridgehead atoms. The largest absolute Gasteiger partial charge is 0.444 e. The summed E-state index contributed by atoms with van der Waals surface area (Å²) < 4.78 is 5.30. The molecule has 1 rings (SSSR count). The summed E-state index contributed by atoms with van der Waals surface area (Å²) in [5.41, 5.74) is -0.450. The van der Waals surface area contributed by atoms with E-state index >= 15 is 0 Å². The van der Waals surface area contributed by atoms with Gasteiger partial charge in [-0.15, -0.1) is 0 Å². The number of amides is 1. The molecule has 0 aliphatic carbocycles. The van der Waals surface area contributed by atoms with Crippen LogP contribution in [-0.4, -0.2) is 40.8 Å². The maximum absolute atomic E-state index is 11.8. The van der Waals surface area contributed by atoms with E-state index in [1.54, 1.807) is 4.90 Å². The first-order valence-electron chi connectivity index (χ1n) is 5.91. The Hall–Kier alpha value is -0.580. The van der Waals surface area contributed by atoms with Gasteiger partial charge in [0.05, 0.1) is 4.83 Å². The maximum Gasteiger partial charge on any atom is 0.410 e. The predicted octanol–water partition coefficient (Wildman–Crippen LogP) is 2.60. The summed E-state index contributed by atoms with van der Waals surface area (Å²) in [4.78, 5) is 24.1. The molecule has 1 aliphatic rings. The van der Waals surface area contributed by atoms with Crippen molar-refractivity contribution in [2.24, 2.45) is 5.92 Å². The van der Waals surface area contributed by atoms with E-state index in [0.29, 0.717) is 19.0 Å². The summed E-state index contributed by atoms with van der Waals surface area (Å²) in [6.45, 7) is 6.90. The van der Waals surface area contributed by atoms with Crippen LogP contribution in [-0.2, 0) is 9.53 Å². The zero-order valence-electron chi connectivity index (χ0n) is 10.6. The van der Waals surface area contributed by atoms with Gasteiger partial charge in [0, 0.05) is 13.1 Å². The minimum Gasteiger partial charge on any atom is -0.444 e. The Kier molecular flexibility index (Phi) is 4.98. The summed E-state index contributed by atoms with van der Waals surface area (Å²) in [6, 6.07) is 0. The lowest BCUT2D eigenvalue weighted by molar-refractivity contribution is -0.108. The molecule has 1 aliphatic heterocycles. The molecule has 1 heterocycles. The van der Waals surface area contributed by atoms with Crippen LogP contribution >= 0.6 is 15.9 Å². The van der Waals surface area contributed by atoms with E-state index in [9.17, 15) is 9.59 Å². The fourth-order valence-corrected chi connectivity index (χ4v) is 2.37. The second kappa shape index (κ2) is 5.85. The lowest BCUT2D eigenvalue weighted by Gasteiger charge is -2.34. The minimum absolute atomic E-state index is 0.0942. The number of hydrogen-bond acceptors (Lipinski definition) is 3. The third-order valence-electron chi connectivity index (χ3n) is 2.77. The van der Waals surface area contributed by atoms with E-state index in [1.807, 2.05) is 20.8 Å². The molecule has 0 radical (unpaired) electrons. The van der Waals surface area contributed by atoms with Gasteiger partial charge in [-0.1, -0.05) is 15.9 Å². The molecule has 0 aromatic carbocycles.